The van der Waals surface area contributed by atoms with Gasteiger partial charge >= 0.3 is 0 Å². The van der Waals surface area contributed by atoms with Crippen LogP contribution in [-0.2, 0) is 0 Å². The Balaban J connectivity index is 2.43. The molecule has 0 saturated heterocycles. The molecule has 0 unspecified atom stereocenters. The molecular formula is C13H11ClN4. The molecule has 0 saturated carbocycles. The molecule has 0 fully saturated rings. The van der Waals surface area contributed by atoms with Crippen LogP contribution in [0.5, 0.6) is 0 Å². The van der Waals surface area contributed by atoms with Crippen LogP contribution in [0.1, 0.15) is 11.1 Å². The molecule has 90 valence electrons. The number of benzene rings is 1. The summed E-state index contributed by atoms with van der Waals surface area (Å²) in [6.07, 6.45) is 1.66. The summed E-state index contributed by atoms with van der Waals surface area (Å²) in [4.78, 5) is 4.15. The van der Waals surface area contributed by atoms with Gasteiger partial charge in [-0.15, -0.1) is 0 Å². The van der Waals surface area contributed by atoms with Crippen LogP contribution in [0.15, 0.2) is 30.5 Å². The number of nitriles is 1. The van der Waals surface area contributed by atoms with Gasteiger partial charge in [0.1, 0.15) is 6.07 Å². The smallest absolute Gasteiger partial charge is 0.153 e. The minimum atomic E-state index is 0.488. The normalized spacial score (nSPS) is 9.83. The fraction of sp³-hybridized carbons (Fsp3) is 0.0769. The van der Waals surface area contributed by atoms with Crippen LogP contribution in [0.3, 0.4) is 0 Å². The lowest BCUT2D eigenvalue weighted by molar-refractivity contribution is 1.27. The van der Waals surface area contributed by atoms with E-state index in [0.717, 1.165) is 5.56 Å². The second kappa shape index (κ2) is 4.94. The van der Waals surface area contributed by atoms with Gasteiger partial charge in [0.2, 0.25) is 0 Å². The number of rotatable bonds is 2. The number of aryl methyl sites for hydroxylation is 1. The lowest BCUT2D eigenvalue weighted by Crippen LogP contribution is -2.02. The lowest BCUT2D eigenvalue weighted by atomic mass is 10.2. The van der Waals surface area contributed by atoms with Crippen LogP contribution in [0.4, 0.5) is 17.2 Å². The largest absolute Gasteiger partial charge is 0.396 e. The maximum absolute atomic E-state index is 9.03. The highest BCUT2D eigenvalue weighted by molar-refractivity contribution is 6.30. The van der Waals surface area contributed by atoms with Crippen LogP contribution in [0, 0.1) is 18.3 Å². The van der Waals surface area contributed by atoms with E-state index in [1.807, 2.05) is 13.0 Å². The summed E-state index contributed by atoms with van der Waals surface area (Å²) in [7, 11) is 0. The van der Waals surface area contributed by atoms with Gasteiger partial charge in [0.05, 0.1) is 16.9 Å². The Hall–Kier alpha value is -2.25. The van der Waals surface area contributed by atoms with Crippen molar-refractivity contribution in [3.63, 3.8) is 0 Å². The SMILES string of the molecule is Cc1ccnc(Nc2cc(Cl)ccc2C#N)c1N. The van der Waals surface area contributed by atoms with Crippen LogP contribution in [0.2, 0.25) is 5.02 Å². The number of pyridine rings is 1. The fourth-order valence-electron chi connectivity index (χ4n) is 1.51. The van der Waals surface area contributed by atoms with E-state index in [1.165, 1.54) is 0 Å². The summed E-state index contributed by atoms with van der Waals surface area (Å²) in [6.45, 7) is 1.89. The first-order chi connectivity index (χ1) is 8.61. The summed E-state index contributed by atoms with van der Waals surface area (Å²) < 4.78 is 0. The zero-order valence-corrected chi connectivity index (χ0v) is 10.5. The van der Waals surface area contributed by atoms with Gasteiger partial charge in [0.25, 0.3) is 0 Å². The van der Waals surface area contributed by atoms with Crippen molar-refractivity contribution >= 4 is 28.8 Å². The molecule has 0 atom stereocenters. The first kappa shape index (κ1) is 12.2. The van der Waals surface area contributed by atoms with E-state index in [2.05, 4.69) is 16.4 Å². The Morgan fingerprint density at radius 1 is 1.39 bits per heavy atom. The Labute approximate surface area is 110 Å². The van der Waals surface area contributed by atoms with Crippen molar-refractivity contribution in [1.82, 2.24) is 4.98 Å². The van der Waals surface area contributed by atoms with Crippen molar-refractivity contribution in [3.05, 3.63) is 46.6 Å². The third-order valence-electron chi connectivity index (χ3n) is 2.56. The predicted molar refractivity (Wildman–Crippen MR) is 72.8 cm³/mol. The quantitative estimate of drug-likeness (QED) is 0.867. The van der Waals surface area contributed by atoms with Crippen LogP contribution in [0.25, 0.3) is 0 Å². The minimum absolute atomic E-state index is 0.488. The van der Waals surface area contributed by atoms with Gasteiger partial charge in [-0.05, 0) is 36.8 Å². The molecule has 1 aromatic carbocycles. The number of hydrogen-bond donors (Lipinski definition) is 2. The molecule has 0 aliphatic carbocycles. The predicted octanol–water partition coefficient (Wildman–Crippen LogP) is 3.24. The van der Waals surface area contributed by atoms with E-state index < -0.39 is 0 Å². The maximum Gasteiger partial charge on any atom is 0.153 e. The molecule has 2 rings (SSSR count). The molecule has 0 bridgehead atoms. The third-order valence-corrected chi connectivity index (χ3v) is 2.80. The number of halogens is 1. The number of hydrogen-bond acceptors (Lipinski definition) is 4. The van der Waals surface area contributed by atoms with Crippen LogP contribution < -0.4 is 11.1 Å². The number of nitrogens with one attached hydrogen (secondary N) is 1. The monoisotopic (exact) mass is 258 g/mol. The average Bonchev–Trinajstić information content (AvgIpc) is 2.35. The fourth-order valence-corrected chi connectivity index (χ4v) is 1.69. The first-order valence-electron chi connectivity index (χ1n) is 5.29. The topological polar surface area (TPSA) is 74.7 Å². The minimum Gasteiger partial charge on any atom is -0.396 e. The van der Waals surface area contributed by atoms with Gasteiger partial charge in [-0.2, -0.15) is 5.26 Å². The van der Waals surface area contributed by atoms with Crippen molar-refractivity contribution in [2.45, 2.75) is 6.92 Å². The standard InChI is InChI=1S/C13H11ClN4/c1-8-4-5-17-13(12(8)16)18-11-6-10(14)3-2-9(11)7-15/h2-6H,16H2,1H3,(H,17,18). The van der Waals surface area contributed by atoms with Gasteiger partial charge in [-0.1, -0.05) is 11.6 Å². The second-order valence-corrected chi connectivity index (χ2v) is 4.25. The molecular weight excluding hydrogens is 248 g/mol. The lowest BCUT2D eigenvalue weighted by Gasteiger charge is -2.11. The van der Waals surface area contributed by atoms with Gasteiger partial charge in [0, 0.05) is 11.2 Å². The molecule has 5 heteroatoms. The van der Waals surface area contributed by atoms with E-state index in [0.29, 0.717) is 27.8 Å². The number of nitrogens with zero attached hydrogens (tertiary/aromatic N) is 2. The maximum atomic E-state index is 9.03. The molecule has 0 aliphatic rings. The number of aromatic nitrogens is 1. The van der Waals surface area contributed by atoms with E-state index >= 15 is 0 Å². The Morgan fingerprint density at radius 3 is 2.89 bits per heavy atom. The summed E-state index contributed by atoms with van der Waals surface area (Å²) in [6, 6.07) is 8.90. The molecule has 3 N–H and O–H groups in total. The molecule has 1 aromatic heterocycles. The number of nitrogen functional groups attached to an aromatic ring is 1. The molecule has 4 nitrogen and oxygen atoms in total. The Bertz CT molecular complexity index is 631. The second-order valence-electron chi connectivity index (χ2n) is 3.82. The van der Waals surface area contributed by atoms with Crippen LogP contribution >= 0.6 is 11.6 Å². The number of anilines is 3. The van der Waals surface area contributed by atoms with E-state index in [-0.39, 0.29) is 0 Å². The summed E-state index contributed by atoms with van der Waals surface area (Å²) in [5.74, 6) is 0.522. The molecule has 0 amide bonds. The first-order valence-corrected chi connectivity index (χ1v) is 5.67. The van der Waals surface area contributed by atoms with Crippen LogP contribution in [-0.4, -0.2) is 4.98 Å². The van der Waals surface area contributed by atoms with Gasteiger partial charge in [-0.25, -0.2) is 4.98 Å². The summed E-state index contributed by atoms with van der Waals surface area (Å²) >= 11 is 5.91. The zero-order chi connectivity index (χ0) is 13.1. The highest BCUT2D eigenvalue weighted by Gasteiger charge is 2.07. The van der Waals surface area contributed by atoms with Gasteiger partial charge in [0.15, 0.2) is 5.82 Å². The summed E-state index contributed by atoms with van der Waals surface area (Å²) in [5.41, 5.74) is 8.48. The van der Waals surface area contributed by atoms with Crippen molar-refractivity contribution in [3.8, 4) is 6.07 Å². The third kappa shape index (κ3) is 2.36. The molecule has 0 radical (unpaired) electrons. The van der Waals surface area contributed by atoms with Crippen molar-refractivity contribution in [1.29, 1.82) is 5.26 Å². The number of nitrogens with two attached hydrogens (primary N) is 1. The van der Waals surface area contributed by atoms with Gasteiger partial charge in [-0.3, -0.25) is 0 Å². The molecule has 2 aromatic rings. The molecule has 1 heterocycles. The average molecular weight is 259 g/mol. The molecule has 0 spiro atoms. The van der Waals surface area contributed by atoms with Crippen molar-refractivity contribution < 1.29 is 0 Å². The zero-order valence-electron chi connectivity index (χ0n) is 9.74. The molecule has 18 heavy (non-hydrogen) atoms. The van der Waals surface area contributed by atoms with E-state index in [1.54, 1.807) is 24.4 Å². The van der Waals surface area contributed by atoms with Gasteiger partial charge < -0.3 is 11.1 Å². The molecule has 0 aliphatic heterocycles. The van der Waals surface area contributed by atoms with Crippen molar-refractivity contribution in [2.24, 2.45) is 0 Å². The summed E-state index contributed by atoms with van der Waals surface area (Å²) in [5, 5.41) is 12.6. The van der Waals surface area contributed by atoms with Crippen molar-refractivity contribution in [2.75, 3.05) is 11.1 Å². The van der Waals surface area contributed by atoms with E-state index in [4.69, 9.17) is 22.6 Å². The Morgan fingerprint density at radius 2 is 2.17 bits per heavy atom. The highest BCUT2D eigenvalue weighted by Crippen LogP contribution is 2.27. The highest BCUT2D eigenvalue weighted by atomic mass is 35.5. The van der Waals surface area contributed by atoms with E-state index in [9.17, 15) is 0 Å². The Kier molecular flexibility index (Phi) is 3.35.